The fourth-order valence-electron chi connectivity index (χ4n) is 0.686. The van der Waals surface area contributed by atoms with Gasteiger partial charge in [0.1, 0.15) is 4.87 Å². The molecule has 0 unspecified atom stereocenters. The van der Waals surface area contributed by atoms with Crippen LogP contribution in [0.5, 0.6) is 0 Å². The Bertz CT molecular complexity index is 161. The topological polar surface area (TPSA) is 26.3 Å². The first-order chi connectivity index (χ1) is 5.04. The highest BCUT2D eigenvalue weighted by Crippen LogP contribution is 2.43. The van der Waals surface area contributed by atoms with Gasteiger partial charge in [-0.15, -0.1) is 11.6 Å². The van der Waals surface area contributed by atoms with E-state index in [4.69, 9.17) is 16.3 Å². The Morgan fingerprint density at radius 1 is 1.64 bits per heavy atom. The van der Waals surface area contributed by atoms with Crippen LogP contribution in [0.15, 0.2) is 0 Å². The average molecular weight is 177 g/mol. The standard InChI is InChI=1S/C8H13ClO2/c1-6(2)5-11-7(10)8(9)3-4-8/h6H,3-5H2,1-2H3. The summed E-state index contributed by atoms with van der Waals surface area (Å²) in [6, 6.07) is 0. The fourth-order valence-corrected chi connectivity index (χ4v) is 0.835. The molecule has 0 aliphatic heterocycles. The van der Waals surface area contributed by atoms with E-state index in [-0.39, 0.29) is 5.97 Å². The van der Waals surface area contributed by atoms with Crippen LogP contribution in [-0.2, 0) is 9.53 Å². The Morgan fingerprint density at radius 3 is 2.55 bits per heavy atom. The first kappa shape index (κ1) is 8.85. The molecule has 0 aromatic heterocycles. The zero-order chi connectivity index (χ0) is 8.48. The van der Waals surface area contributed by atoms with Crippen LogP contribution in [0.25, 0.3) is 0 Å². The predicted octanol–water partition coefficient (Wildman–Crippen LogP) is 1.96. The van der Waals surface area contributed by atoms with Gasteiger partial charge in [-0.3, -0.25) is 4.79 Å². The van der Waals surface area contributed by atoms with E-state index in [1.165, 1.54) is 0 Å². The van der Waals surface area contributed by atoms with E-state index < -0.39 is 4.87 Å². The Morgan fingerprint density at radius 2 is 2.18 bits per heavy atom. The molecule has 64 valence electrons. The smallest absolute Gasteiger partial charge is 0.327 e. The highest BCUT2D eigenvalue weighted by molar-refractivity contribution is 6.36. The molecule has 0 atom stereocenters. The van der Waals surface area contributed by atoms with Crippen molar-refractivity contribution in [3.8, 4) is 0 Å². The number of carbonyl (C=O) groups excluding carboxylic acids is 1. The molecule has 0 saturated heterocycles. The van der Waals surface area contributed by atoms with Crippen molar-refractivity contribution in [3.05, 3.63) is 0 Å². The highest BCUT2D eigenvalue weighted by Gasteiger charge is 2.49. The summed E-state index contributed by atoms with van der Waals surface area (Å²) in [6.07, 6.45) is 1.54. The van der Waals surface area contributed by atoms with Gasteiger partial charge in [0, 0.05) is 0 Å². The molecular formula is C8H13ClO2. The minimum atomic E-state index is -0.644. The number of hydrogen-bond donors (Lipinski definition) is 0. The maximum Gasteiger partial charge on any atom is 0.327 e. The summed E-state index contributed by atoms with van der Waals surface area (Å²) in [5.41, 5.74) is 0. The van der Waals surface area contributed by atoms with E-state index in [2.05, 4.69) is 0 Å². The summed E-state index contributed by atoms with van der Waals surface area (Å²) < 4.78 is 4.96. The lowest BCUT2D eigenvalue weighted by molar-refractivity contribution is -0.145. The zero-order valence-electron chi connectivity index (χ0n) is 6.89. The van der Waals surface area contributed by atoms with Crippen LogP contribution in [0.3, 0.4) is 0 Å². The molecule has 0 amide bonds. The Hall–Kier alpha value is -0.240. The quantitative estimate of drug-likeness (QED) is 0.486. The number of ether oxygens (including phenoxy) is 1. The molecular weight excluding hydrogens is 164 g/mol. The Kier molecular flexibility index (Phi) is 2.43. The summed E-state index contributed by atoms with van der Waals surface area (Å²) in [4.78, 5) is 10.4. The van der Waals surface area contributed by atoms with Gasteiger partial charge in [0.2, 0.25) is 0 Å². The maximum atomic E-state index is 11.1. The van der Waals surface area contributed by atoms with Crippen LogP contribution < -0.4 is 0 Å². The second-order valence-corrected chi connectivity index (χ2v) is 4.18. The molecule has 0 bridgehead atoms. The van der Waals surface area contributed by atoms with Crippen molar-refractivity contribution < 1.29 is 9.53 Å². The summed E-state index contributed by atoms with van der Waals surface area (Å²) >= 11 is 5.80. The first-order valence-corrected chi connectivity index (χ1v) is 4.28. The molecule has 1 rings (SSSR count). The number of rotatable bonds is 3. The van der Waals surface area contributed by atoms with E-state index in [1.54, 1.807) is 0 Å². The first-order valence-electron chi connectivity index (χ1n) is 3.91. The minimum Gasteiger partial charge on any atom is -0.464 e. The third kappa shape index (κ3) is 2.37. The average Bonchev–Trinajstić information content (AvgIpc) is 2.64. The molecule has 1 saturated carbocycles. The second-order valence-electron chi connectivity index (χ2n) is 3.46. The van der Waals surface area contributed by atoms with Crippen molar-refractivity contribution in [3.63, 3.8) is 0 Å². The van der Waals surface area contributed by atoms with Gasteiger partial charge < -0.3 is 4.74 Å². The van der Waals surface area contributed by atoms with Gasteiger partial charge in [0.25, 0.3) is 0 Å². The number of carbonyl (C=O) groups is 1. The number of hydrogen-bond acceptors (Lipinski definition) is 2. The van der Waals surface area contributed by atoms with Gasteiger partial charge in [-0.25, -0.2) is 0 Å². The molecule has 0 N–H and O–H groups in total. The van der Waals surface area contributed by atoms with Crippen LogP contribution in [0.1, 0.15) is 26.7 Å². The van der Waals surface area contributed by atoms with E-state index in [0.717, 1.165) is 12.8 Å². The van der Waals surface area contributed by atoms with Gasteiger partial charge in [-0.2, -0.15) is 0 Å². The molecule has 1 aliphatic carbocycles. The lowest BCUT2D eigenvalue weighted by Gasteiger charge is -2.09. The predicted molar refractivity (Wildman–Crippen MR) is 43.6 cm³/mol. The van der Waals surface area contributed by atoms with Crippen molar-refractivity contribution in [1.29, 1.82) is 0 Å². The van der Waals surface area contributed by atoms with Crippen LogP contribution in [0, 0.1) is 5.92 Å². The number of alkyl halides is 1. The molecule has 11 heavy (non-hydrogen) atoms. The normalized spacial score (nSPS) is 20.0. The van der Waals surface area contributed by atoms with Crippen LogP contribution in [-0.4, -0.2) is 17.5 Å². The lowest BCUT2D eigenvalue weighted by atomic mass is 10.2. The van der Waals surface area contributed by atoms with E-state index in [9.17, 15) is 4.79 Å². The summed E-state index contributed by atoms with van der Waals surface area (Å²) in [6.45, 7) is 4.48. The van der Waals surface area contributed by atoms with Crippen LogP contribution >= 0.6 is 11.6 Å². The molecule has 0 radical (unpaired) electrons. The lowest BCUT2D eigenvalue weighted by Crippen LogP contribution is -2.21. The van der Waals surface area contributed by atoms with Crippen molar-refractivity contribution in [1.82, 2.24) is 0 Å². The van der Waals surface area contributed by atoms with Crippen LogP contribution in [0.2, 0.25) is 0 Å². The van der Waals surface area contributed by atoms with Crippen LogP contribution in [0.4, 0.5) is 0 Å². The third-order valence-corrected chi connectivity index (χ3v) is 2.13. The zero-order valence-corrected chi connectivity index (χ0v) is 7.65. The number of esters is 1. The summed E-state index contributed by atoms with van der Waals surface area (Å²) in [5, 5.41) is 0. The van der Waals surface area contributed by atoms with Gasteiger partial charge in [-0.1, -0.05) is 13.8 Å². The van der Waals surface area contributed by atoms with Crippen molar-refractivity contribution in [2.75, 3.05) is 6.61 Å². The summed E-state index contributed by atoms with van der Waals surface area (Å²) in [5.74, 6) is 0.144. The van der Waals surface area contributed by atoms with Gasteiger partial charge in [-0.05, 0) is 18.8 Å². The van der Waals surface area contributed by atoms with Gasteiger partial charge >= 0.3 is 5.97 Å². The van der Waals surface area contributed by atoms with Crippen molar-refractivity contribution in [2.24, 2.45) is 5.92 Å². The fraction of sp³-hybridized carbons (Fsp3) is 0.875. The number of halogens is 1. The molecule has 0 heterocycles. The molecule has 0 aromatic rings. The Labute approximate surface area is 71.9 Å². The summed E-state index contributed by atoms with van der Waals surface area (Å²) in [7, 11) is 0. The molecule has 2 nitrogen and oxygen atoms in total. The SMILES string of the molecule is CC(C)COC(=O)C1(Cl)CC1. The molecule has 0 aromatic carbocycles. The largest absolute Gasteiger partial charge is 0.464 e. The van der Waals surface area contributed by atoms with Gasteiger partial charge in [0.15, 0.2) is 0 Å². The monoisotopic (exact) mass is 176 g/mol. The maximum absolute atomic E-state index is 11.1. The molecule has 1 fully saturated rings. The van der Waals surface area contributed by atoms with Gasteiger partial charge in [0.05, 0.1) is 6.61 Å². The van der Waals surface area contributed by atoms with Crippen molar-refractivity contribution >= 4 is 17.6 Å². The second kappa shape index (κ2) is 3.02. The molecule has 3 heteroatoms. The van der Waals surface area contributed by atoms with E-state index in [1.807, 2.05) is 13.8 Å². The molecule has 1 aliphatic rings. The third-order valence-electron chi connectivity index (χ3n) is 1.60. The van der Waals surface area contributed by atoms with Crippen molar-refractivity contribution in [2.45, 2.75) is 31.6 Å². The van der Waals surface area contributed by atoms with E-state index in [0.29, 0.717) is 12.5 Å². The highest BCUT2D eigenvalue weighted by atomic mass is 35.5. The Balaban J connectivity index is 2.22. The van der Waals surface area contributed by atoms with E-state index >= 15 is 0 Å². The molecule has 0 spiro atoms. The minimum absolute atomic E-state index is 0.243.